The second-order valence-electron chi connectivity index (χ2n) is 25.6. The molecule has 0 saturated heterocycles. The summed E-state index contributed by atoms with van der Waals surface area (Å²) in [5.41, 5.74) is 1.87. The van der Waals surface area contributed by atoms with Crippen LogP contribution in [0.1, 0.15) is 88.5 Å². The first-order valence-electron chi connectivity index (χ1n) is 32.8. The molecule has 16 rings (SSSR count). The van der Waals surface area contributed by atoms with E-state index in [-0.39, 0.29) is 27.9 Å². The number of rotatable bonds is 20. The first-order chi connectivity index (χ1) is 52.8. The predicted molar refractivity (Wildman–Crippen MR) is 343 cm³/mol. The van der Waals surface area contributed by atoms with E-state index in [0.29, 0.717) is 69.0 Å². The van der Waals surface area contributed by atoms with E-state index in [1.165, 1.54) is 56.7 Å². The van der Waals surface area contributed by atoms with Gasteiger partial charge in [-0.1, -0.05) is 0 Å². The molecule has 12 aromatic rings. The summed E-state index contributed by atoms with van der Waals surface area (Å²) in [5.74, 6) is -5.87. The van der Waals surface area contributed by atoms with E-state index in [4.69, 9.17) is 18.9 Å². The molecule has 12 aromatic heterocycles. The molecule has 0 amide bonds. The topological polar surface area (TPSA) is 298 Å². The lowest BCUT2D eigenvalue weighted by atomic mass is 10.2. The van der Waals surface area contributed by atoms with Crippen LogP contribution in [0.2, 0.25) is 0 Å². The van der Waals surface area contributed by atoms with Crippen LogP contribution in [0.4, 0.5) is 79.0 Å². The van der Waals surface area contributed by atoms with Crippen LogP contribution in [-0.4, -0.2) is 176 Å². The van der Waals surface area contributed by atoms with Crippen molar-refractivity contribution in [1.82, 2.24) is 98.3 Å². The number of fused-ring (bicyclic) bond motifs is 4. The molecule has 4 aliphatic carbocycles. The molecule has 0 spiro atoms. The molecular formula is C66H54F18N20O8. The van der Waals surface area contributed by atoms with Crippen LogP contribution >= 0.6 is 0 Å². The normalized spacial score (nSPS) is 16.5. The third-order valence-corrected chi connectivity index (χ3v) is 18.0. The smallest absolute Gasteiger partial charge is 0.466 e. The van der Waals surface area contributed by atoms with Gasteiger partial charge in [-0.15, -0.1) is 40.8 Å². The molecule has 0 radical (unpaired) electrons. The van der Waals surface area contributed by atoms with E-state index in [2.05, 4.69) is 99.6 Å². The number of hydrogen-bond acceptors (Lipinski definition) is 24. The number of halogens is 18. The fourth-order valence-corrected chi connectivity index (χ4v) is 11.0. The Morgan fingerprint density at radius 3 is 0.839 bits per heavy atom. The standard InChI is InChI=1S/2C17H15F4N5O2.C16H11F6N5O2.C16H13F4N5O2/c2*1-9(17(19,20)21)28-14-11(18)5-10(6-23-14)12-8-26-13(7-22-12)24-25-15(26)16(27-2)3-4-16;1-28-14(2-3-14)13-26-25-11-6-23-10(7-27(11)13)8-4-9(17)12(24-5-8)29-16(21,22)15(18,19)20;1-26-15(2-3-15)14-24-23-12-6-21-11(7-25(12)14)9-4-10(17)13(22-5-9)27-8-16(18,19)20/h2*5-9H,3-4H2,1-2H3;4-7H,2-3H2,1H3;4-7H,2-3,8H2,1H3/t2*9-;;/m10../s1. The molecule has 4 fully saturated rings. The van der Waals surface area contributed by atoms with Gasteiger partial charge in [0.1, 0.15) is 22.4 Å². The highest BCUT2D eigenvalue weighted by atomic mass is 19.4. The minimum absolute atomic E-state index is 0.0222. The van der Waals surface area contributed by atoms with Gasteiger partial charge in [0, 0.05) is 100 Å². The van der Waals surface area contributed by atoms with Gasteiger partial charge in [0.25, 0.3) is 23.5 Å². The lowest BCUT2D eigenvalue weighted by Gasteiger charge is -2.19. The fourth-order valence-electron chi connectivity index (χ4n) is 11.0. The molecule has 12 heterocycles. The summed E-state index contributed by atoms with van der Waals surface area (Å²) in [6.45, 7) is -0.0626. The maximum atomic E-state index is 14.2. The molecule has 28 nitrogen and oxygen atoms in total. The van der Waals surface area contributed by atoms with Crippen molar-refractivity contribution in [3.05, 3.63) is 145 Å². The zero-order valence-corrected chi connectivity index (χ0v) is 58.3. The van der Waals surface area contributed by atoms with E-state index < -0.39 is 119 Å². The van der Waals surface area contributed by atoms with E-state index in [9.17, 15) is 79.0 Å². The number of alkyl halides is 14. The third-order valence-electron chi connectivity index (χ3n) is 18.0. The molecular weight excluding hydrogens is 1540 g/mol. The number of nitrogens with zero attached hydrogens (tertiary/aromatic N) is 20. The zero-order valence-electron chi connectivity index (χ0n) is 58.3. The highest BCUT2D eigenvalue weighted by Gasteiger charge is 2.62. The lowest BCUT2D eigenvalue weighted by Crippen LogP contribution is -2.42. The molecule has 0 unspecified atom stereocenters. The largest absolute Gasteiger partial charge is 0.500 e. The lowest BCUT2D eigenvalue weighted by molar-refractivity contribution is -0.362. The SMILES string of the molecule is COC1(c2nnc3cnc(-c4cnc(OC(F)(F)C(F)(F)F)c(F)c4)cn23)CC1.COC1(c2nnc3cnc(-c4cnc(OCC(F)(F)F)c(F)c4)cn23)CC1.COC1(c2nnc3cnc(-c4cnc(O[C@@H](C)C(F)(F)F)c(F)c4)cn23)CC1.COC1(c2nnc3cnc(-c4cnc(O[C@H](C)C(F)(F)F)c(F)c4)cn23)CC1. The molecule has 0 aliphatic heterocycles. The molecule has 0 aromatic carbocycles. The van der Waals surface area contributed by atoms with E-state index in [0.717, 1.165) is 89.6 Å². The molecule has 592 valence electrons. The number of ether oxygens (including phenoxy) is 8. The molecule has 4 saturated carbocycles. The second-order valence-corrected chi connectivity index (χ2v) is 25.6. The maximum Gasteiger partial charge on any atom is 0.500 e. The fraction of sp³-hybridized carbons (Fsp3) is 0.394. The van der Waals surface area contributed by atoms with Gasteiger partial charge < -0.3 is 37.9 Å². The first kappa shape index (κ1) is 78.7. The van der Waals surface area contributed by atoms with Crippen LogP contribution in [0, 0.1) is 23.3 Å². The van der Waals surface area contributed by atoms with Crippen molar-refractivity contribution in [3.63, 3.8) is 0 Å². The van der Waals surface area contributed by atoms with Crippen molar-refractivity contribution in [2.24, 2.45) is 0 Å². The Hall–Kier alpha value is -11.4. The molecule has 2 atom stereocenters. The van der Waals surface area contributed by atoms with Gasteiger partial charge in [0.05, 0.1) is 47.6 Å². The molecule has 0 N–H and O–H groups in total. The van der Waals surface area contributed by atoms with Crippen molar-refractivity contribution in [2.75, 3.05) is 35.0 Å². The average molecular weight is 1600 g/mol. The van der Waals surface area contributed by atoms with Crippen molar-refractivity contribution in [1.29, 1.82) is 0 Å². The Morgan fingerprint density at radius 1 is 0.357 bits per heavy atom. The predicted octanol–water partition coefficient (Wildman–Crippen LogP) is 13.0. The van der Waals surface area contributed by atoms with Gasteiger partial charge in [-0.25, -0.2) is 37.5 Å². The number of aromatic nitrogens is 20. The summed E-state index contributed by atoms with van der Waals surface area (Å²) < 4.78 is 277. The van der Waals surface area contributed by atoms with Crippen LogP contribution in [0.25, 0.3) is 67.6 Å². The van der Waals surface area contributed by atoms with Gasteiger partial charge in [-0.3, -0.25) is 37.5 Å². The Bertz CT molecular complexity index is 5310. The van der Waals surface area contributed by atoms with E-state index in [1.807, 2.05) is 0 Å². The van der Waals surface area contributed by atoms with Crippen LogP contribution in [0.3, 0.4) is 0 Å². The average Bonchev–Trinajstić information content (AvgIpc) is 1.60. The van der Waals surface area contributed by atoms with Crippen molar-refractivity contribution >= 4 is 22.6 Å². The number of hydrogen-bond donors (Lipinski definition) is 0. The highest BCUT2D eigenvalue weighted by molar-refractivity contribution is 5.63. The summed E-state index contributed by atoms with van der Waals surface area (Å²) in [6, 6.07) is 3.75. The third kappa shape index (κ3) is 16.2. The Labute approximate surface area is 615 Å². The first-order valence-corrected chi connectivity index (χ1v) is 32.8. The Kier molecular flexibility index (Phi) is 20.6. The number of pyridine rings is 4. The monoisotopic (exact) mass is 1600 g/mol. The maximum absolute atomic E-state index is 14.2. The van der Waals surface area contributed by atoms with Crippen molar-refractivity contribution < 1.29 is 117 Å². The highest BCUT2D eigenvalue weighted by Crippen LogP contribution is 2.51. The van der Waals surface area contributed by atoms with Gasteiger partial charge >= 0.3 is 30.8 Å². The quantitative estimate of drug-likeness (QED) is 0.0640. The summed E-state index contributed by atoms with van der Waals surface area (Å²) in [5, 5.41) is 32.6. The van der Waals surface area contributed by atoms with Gasteiger partial charge in [-0.2, -0.15) is 61.5 Å². The zero-order chi connectivity index (χ0) is 80.5. The van der Waals surface area contributed by atoms with Gasteiger partial charge in [0.15, 0.2) is 88.0 Å². The minimum Gasteiger partial charge on any atom is -0.466 e. The van der Waals surface area contributed by atoms with Crippen LogP contribution in [0.15, 0.2) is 98.6 Å². The van der Waals surface area contributed by atoms with Gasteiger partial charge in [0.2, 0.25) is 0 Å². The van der Waals surface area contributed by atoms with Crippen LogP contribution < -0.4 is 18.9 Å². The molecule has 4 aliphatic rings. The van der Waals surface area contributed by atoms with Crippen LogP contribution in [-0.2, 0) is 41.4 Å². The molecule has 0 bridgehead atoms. The summed E-state index contributed by atoms with van der Waals surface area (Å²) in [4.78, 5) is 30.9. The Balaban J connectivity index is 0.000000131. The van der Waals surface area contributed by atoms with Gasteiger partial charge in [-0.05, 0) is 89.5 Å². The molecule has 46 heteroatoms. The minimum atomic E-state index is -6.02. The van der Waals surface area contributed by atoms with E-state index >= 15 is 0 Å². The van der Waals surface area contributed by atoms with Crippen molar-refractivity contribution in [2.45, 2.75) is 131 Å². The summed E-state index contributed by atoms with van der Waals surface area (Å²) in [6.07, 6.45) is -7.00. The Morgan fingerprint density at radius 2 is 0.616 bits per heavy atom. The van der Waals surface area contributed by atoms with E-state index in [1.54, 1.807) is 57.5 Å². The number of methoxy groups -OCH3 is 4. The molecule has 112 heavy (non-hydrogen) atoms. The second kappa shape index (κ2) is 29.4. The summed E-state index contributed by atoms with van der Waals surface area (Å²) >= 11 is 0. The van der Waals surface area contributed by atoms with Crippen molar-refractivity contribution in [3.8, 4) is 68.5 Å². The van der Waals surface area contributed by atoms with Crippen LogP contribution in [0.5, 0.6) is 23.5 Å². The summed E-state index contributed by atoms with van der Waals surface area (Å²) in [7, 11) is 6.31.